The van der Waals surface area contributed by atoms with Gasteiger partial charge in [-0.05, 0) is 31.6 Å². The minimum atomic E-state index is -0.805. The van der Waals surface area contributed by atoms with Crippen LogP contribution in [0.15, 0.2) is 0 Å². The van der Waals surface area contributed by atoms with Crippen molar-refractivity contribution in [3.8, 4) is 0 Å². The minimum absolute atomic E-state index is 0.0864. The number of hydrogen-bond acceptors (Lipinski definition) is 3. The van der Waals surface area contributed by atoms with Gasteiger partial charge in [0.1, 0.15) is 11.2 Å². The van der Waals surface area contributed by atoms with Crippen LogP contribution in [0.1, 0.15) is 59.8 Å². The molecule has 0 aromatic rings. The molecule has 1 aliphatic carbocycles. The van der Waals surface area contributed by atoms with Gasteiger partial charge >= 0.3 is 5.97 Å². The molecule has 0 atom stereocenters. The van der Waals surface area contributed by atoms with E-state index in [4.69, 9.17) is 4.74 Å². The molecule has 0 aromatic heterocycles. The Balaban J connectivity index is 2.72. The summed E-state index contributed by atoms with van der Waals surface area (Å²) in [4.78, 5) is 24.4. The van der Waals surface area contributed by atoms with E-state index < -0.39 is 5.41 Å². The Morgan fingerprint density at radius 2 is 1.89 bits per heavy atom. The lowest BCUT2D eigenvalue weighted by Crippen LogP contribution is -2.51. The summed E-state index contributed by atoms with van der Waals surface area (Å²) in [7, 11) is 0. The predicted molar refractivity (Wildman–Crippen MR) is 71.2 cm³/mol. The van der Waals surface area contributed by atoms with Gasteiger partial charge in [-0.3, -0.25) is 9.59 Å². The number of ether oxygens (including phenoxy) is 1. The van der Waals surface area contributed by atoms with Gasteiger partial charge in [-0.1, -0.05) is 33.6 Å². The Kier molecular flexibility index (Phi) is 5.36. The molecule has 0 aromatic carbocycles. The second-order valence-electron chi connectivity index (χ2n) is 5.89. The average molecular weight is 254 g/mol. The van der Waals surface area contributed by atoms with Crippen molar-refractivity contribution < 1.29 is 14.3 Å². The van der Waals surface area contributed by atoms with E-state index in [1.165, 1.54) is 0 Å². The second kappa shape index (κ2) is 6.35. The first-order chi connectivity index (χ1) is 8.46. The number of Topliss-reactive ketones (excluding diaryl/α,β-unsaturated/α-hetero) is 1. The third-order valence-corrected chi connectivity index (χ3v) is 3.76. The van der Waals surface area contributed by atoms with Crippen LogP contribution in [0.5, 0.6) is 0 Å². The molecule has 0 N–H and O–H groups in total. The highest BCUT2D eigenvalue weighted by molar-refractivity contribution is 6.04. The molecule has 3 nitrogen and oxygen atoms in total. The van der Waals surface area contributed by atoms with E-state index in [9.17, 15) is 9.59 Å². The Labute approximate surface area is 110 Å². The third kappa shape index (κ3) is 3.12. The van der Waals surface area contributed by atoms with Crippen LogP contribution in [-0.2, 0) is 14.3 Å². The number of esters is 1. The average Bonchev–Trinajstić information content (AvgIpc) is 2.21. The number of carbonyl (C=O) groups excluding carboxylic acids is 2. The van der Waals surface area contributed by atoms with Crippen molar-refractivity contribution >= 4 is 11.8 Å². The molecule has 0 heterocycles. The van der Waals surface area contributed by atoms with Crippen molar-refractivity contribution in [2.75, 3.05) is 6.61 Å². The molecule has 1 fully saturated rings. The summed E-state index contributed by atoms with van der Waals surface area (Å²) in [5, 5.41) is 0. The van der Waals surface area contributed by atoms with Crippen molar-refractivity contribution in [2.45, 2.75) is 59.8 Å². The van der Waals surface area contributed by atoms with Crippen LogP contribution in [0.25, 0.3) is 0 Å². The van der Waals surface area contributed by atoms with Gasteiger partial charge < -0.3 is 4.74 Å². The molecule has 1 aliphatic rings. The highest BCUT2D eigenvalue weighted by Crippen LogP contribution is 2.50. The lowest BCUT2D eigenvalue weighted by atomic mass is 9.57. The molecule has 0 unspecified atom stereocenters. The van der Waals surface area contributed by atoms with Gasteiger partial charge in [-0.25, -0.2) is 0 Å². The fourth-order valence-electron chi connectivity index (χ4n) is 2.88. The van der Waals surface area contributed by atoms with E-state index in [1.807, 2.05) is 13.8 Å². The van der Waals surface area contributed by atoms with E-state index in [0.717, 1.165) is 12.8 Å². The van der Waals surface area contributed by atoms with Crippen LogP contribution in [0.3, 0.4) is 0 Å². The van der Waals surface area contributed by atoms with Crippen LogP contribution < -0.4 is 0 Å². The van der Waals surface area contributed by atoms with Crippen molar-refractivity contribution in [3.63, 3.8) is 0 Å². The zero-order valence-corrected chi connectivity index (χ0v) is 12.1. The molecule has 1 saturated carbocycles. The van der Waals surface area contributed by atoms with Gasteiger partial charge in [-0.15, -0.1) is 0 Å². The predicted octanol–water partition coefficient (Wildman–Crippen LogP) is 3.36. The largest absolute Gasteiger partial charge is 0.465 e. The lowest BCUT2D eigenvalue weighted by Gasteiger charge is -2.44. The summed E-state index contributed by atoms with van der Waals surface area (Å²) in [6.45, 7) is 8.31. The fraction of sp³-hybridized carbons (Fsp3) is 0.867. The highest BCUT2D eigenvalue weighted by Gasteiger charge is 2.55. The highest BCUT2D eigenvalue weighted by atomic mass is 16.5. The van der Waals surface area contributed by atoms with Crippen LogP contribution >= 0.6 is 0 Å². The van der Waals surface area contributed by atoms with E-state index in [-0.39, 0.29) is 11.8 Å². The first-order valence-electron chi connectivity index (χ1n) is 7.16. The standard InChI is InChI=1S/C15H26O3/c1-5-7-12-9-15(10-12,14(17)18-6-2)13(16)8-11(3)4/h11-12H,5-10H2,1-4H3. The van der Waals surface area contributed by atoms with Crippen molar-refractivity contribution in [1.29, 1.82) is 0 Å². The molecule has 0 spiro atoms. The fourth-order valence-corrected chi connectivity index (χ4v) is 2.88. The van der Waals surface area contributed by atoms with Gasteiger partial charge in [0.15, 0.2) is 0 Å². The van der Waals surface area contributed by atoms with Gasteiger partial charge in [0.05, 0.1) is 6.61 Å². The van der Waals surface area contributed by atoms with Crippen LogP contribution in [0.2, 0.25) is 0 Å². The summed E-state index contributed by atoms with van der Waals surface area (Å²) >= 11 is 0. The Morgan fingerprint density at radius 1 is 1.28 bits per heavy atom. The third-order valence-electron chi connectivity index (χ3n) is 3.76. The van der Waals surface area contributed by atoms with Gasteiger partial charge in [0.25, 0.3) is 0 Å². The van der Waals surface area contributed by atoms with Gasteiger partial charge in [0, 0.05) is 6.42 Å². The van der Waals surface area contributed by atoms with Crippen LogP contribution in [-0.4, -0.2) is 18.4 Å². The SMILES string of the molecule is CCCC1CC(C(=O)CC(C)C)(C(=O)OCC)C1. The van der Waals surface area contributed by atoms with E-state index in [0.29, 0.717) is 37.7 Å². The first-order valence-corrected chi connectivity index (χ1v) is 7.16. The Morgan fingerprint density at radius 3 is 2.33 bits per heavy atom. The molecule has 104 valence electrons. The quantitative estimate of drug-likeness (QED) is 0.517. The maximum atomic E-state index is 12.3. The van der Waals surface area contributed by atoms with E-state index >= 15 is 0 Å². The molecule has 0 aliphatic heterocycles. The zero-order valence-electron chi connectivity index (χ0n) is 12.1. The van der Waals surface area contributed by atoms with E-state index in [1.54, 1.807) is 6.92 Å². The van der Waals surface area contributed by atoms with Gasteiger partial charge in [0.2, 0.25) is 0 Å². The molecular weight excluding hydrogens is 228 g/mol. The first kappa shape index (κ1) is 15.2. The van der Waals surface area contributed by atoms with E-state index in [2.05, 4.69) is 6.92 Å². The molecule has 0 radical (unpaired) electrons. The number of hydrogen-bond donors (Lipinski definition) is 0. The Bertz CT molecular complexity index is 301. The zero-order chi connectivity index (χ0) is 13.8. The Hall–Kier alpha value is -0.860. The monoisotopic (exact) mass is 254 g/mol. The number of carbonyl (C=O) groups is 2. The summed E-state index contributed by atoms with van der Waals surface area (Å²) in [6.07, 6.45) is 4.10. The maximum Gasteiger partial charge on any atom is 0.319 e. The molecule has 18 heavy (non-hydrogen) atoms. The normalized spacial score (nSPS) is 26.8. The summed E-state index contributed by atoms with van der Waals surface area (Å²) in [6, 6.07) is 0. The smallest absolute Gasteiger partial charge is 0.319 e. The van der Waals surface area contributed by atoms with Crippen LogP contribution in [0.4, 0.5) is 0 Å². The molecule has 0 bridgehead atoms. The van der Waals surface area contributed by atoms with Crippen molar-refractivity contribution in [3.05, 3.63) is 0 Å². The molecule has 1 rings (SSSR count). The molecule has 0 saturated heterocycles. The minimum Gasteiger partial charge on any atom is -0.465 e. The summed E-state index contributed by atoms with van der Waals surface area (Å²) < 4.78 is 5.12. The van der Waals surface area contributed by atoms with Crippen molar-refractivity contribution in [1.82, 2.24) is 0 Å². The molecular formula is C15H26O3. The van der Waals surface area contributed by atoms with Gasteiger partial charge in [-0.2, -0.15) is 0 Å². The van der Waals surface area contributed by atoms with Crippen LogP contribution in [0, 0.1) is 17.3 Å². The van der Waals surface area contributed by atoms with Crippen molar-refractivity contribution in [2.24, 2.45) is 17.3 Å². The molecule has 3 heteroatoms. The number of rotatable bonds is 7. The summed E-state index contributed by atoms with van der Waals surface area (Å²) in [5.74, 6) is 0.621. The topological polar surface area (TPSA) is 43.4 Å². The number of ketones is 1. The lowest BCUT2D eigenvalue weighted by molar-refractivity contribution is -0.170. The second-order valence-corrected chi connectivity index (χ2v) is 5.89. The molecule has 0 amide bonds. The summed E-state index contributed by atoms with van der Waals surface area (Å²) in [5.41, 5.74) is -0.805. The maximum absolute atomic E-state index is 12.3.